The molecule has 0 saturated heterocycles. The minimum Gasteiger partial charge on any atom is -1.00 e. The average molecular weight is 150 g/mol. The maximum Gasteiger partial charge on any atom is 1.00 e. The maximum atomic E-state index is 9.71. The van der Waals surface area contributed by atoms with Crippen molar-refractivity contribution < 1.29 is 25.2 Å². The molecule has 4 N–H and O–H groups in total. The molecule has 0 aliphatic heterocycles. The summed E-state index contributed by atoms with van der Waals surface area (Å²) in [6, 6.07) is 0. The van der Waals surface area contributed by atoms with Gasteiger partial charge in [0.05, 0.1) is 6.54 Å². The molecular formula is C2H9F3N2O2. The van der Waals surface area contributed by atoms with Crippen molar-refractivity contribution in [3.63, 3.8) is 0 Å². The van der Waals surface area contributed by atoms with Gasteiger partial charge in [0, 0.05) is 0 Å². The van der Waals surface area contributed by atoms with E-state index < -0.39 is 5.97 Å². The first kappa shape index (κ1) is 24.1. The number of nitrogens with two attached hydrogens (primary N) is 2. The third kappa shape index (κ3) is 19.1. The second-order valence-corrected chi connectivity index (χ2v) is 0.694. The third-order valence-corrected chi connectivity index (χ3v) is 0.298. The van der Waals surface area contributed by atoms with Crippen LogP contribution in [0.5, 0.6) is 0 Å². The smallest absolute Gasteiger partial charge is 1.00 e. The average Bonchev–Trinajstić information content (AvgIpc) is 1.65. The minimum absolute atomic E-state index is 0. The molecule has 4 nitrogen and oxygen atoms in total. The van der Waals surface area contributed by atoms with Crippen LogP contribution in [-0.4, -0.2) is 12.5 Å². The van der Waals surface area contributed by atoms with Gasteiger partial charge in [0.15, 0.2) is 0 Å². The van der Waals surface area contributed by atoms with E-state index in [1.165, 1.54) is 0 Å². The molecule has 0 unspecified atom stereocenters. The van der Waals surface area contributed by atoms with E-state index in [1.807, 2.05) is 0 Å². The van der Waals surface area contributed by atoms with Gasteiger partial charge in [-0.1, -0.05) is 0 Å². The van der Waals surface area contributed by atoms with Gasteiger partial charge in [0.2, 0.25) is 0 Å². The third-order valence-electron chi connectivity index (χ3n) is 0.298. The van der Waals surface area contributed by atoms with Crippen molar-refractivity contribution in [3.05, 3.63) is 0 Å². The van der Waals surface area contributed by atoms with Gasteiger partial charge in [-0.15, -0.1) is 0 Å². The number of carbonyl (C=O) groups is 1. The highest BCUT2D eigenvalue weighted by molar-refractivity contribution is 5.70. The van der Waals surface area contributed by atoms with E-state index >= 15 is 0 Å². The summed E-state index contributed by atoms with van der Waals surface area (Å²) in [7, 11) is 0. The van der Waals surface area contributed by atoms with Crippen LogP contribution in [0, 0.1) is 0 Å². The Kier molecular flexibility index (Phi) is 42.1. The van der Waals surface area contributed by atoms with E-state index in [1.54, 1.807) is 0 Å². The number of hydrogen-bond donors (Lipinski definition) is 2. The molecule has 0 bridgehead atoms. The van der Waals surface area contributed by atoms with Gasteiger partial charge in [-0.25, -0.2) is 4.79 Å². The molecule has 0 spiro atoms. The van der Waals surface area contributed by atoms with Crippen molar-refractivity contribution >= 4 is 5.97 Å². The van der Waals surface area contributed by atoms with Crippen molar-refractivity contribution in [2.75, 3.05) is 6.54 Å². The Hall–Kier alpha value is -0.820. The van der Waals surface area contributed by atoms with Crippen molar-refractivity contribution in [1.82, 2.24) is 0 Å². The highest BCUT2D eigenvalue weighted by atomic mass is 19.0. The van der Waals surface area contributed by atoms with Crippen molar-refractivity contribution in [2.24, 2.45) is 11.6 Å². The lowest BCUT2D eigenvalue weighted by atomic mass is 10.7. The van der Waals surface area contributed by atoms with E-state index in [9.17, 15) is 4.79 Å². The normalized spacial score (nSPS) is 5.11. The van der Waals surface area contributed by atoms with Crippen molar-refractivity contribution in [1.29, 1.82) is 0 Å². The molecule has 0 saturated carbocycles. The lowest BCUT2D eigenvalue weighted by Gasteiger charge is -1.86. The van der Waals surface area contributed by atoms with Crippen LogP contribution in [0.2, 0.25) is 0 Å². The second-order valence-electron chi connectivity index (χ2n) is 0.694. The quantitative estimate of drug-likeness (QED) is 0.371. The monoisotopic (exact) mass is 150 g/mol. The van der Waals surface area contributed by atoms with Crippen LogP contribution in [-0.2, 0) is 9.63 Å². The molecule has 0 heterocycles. The Morgan fingerprint density at radius 3 is 1.89 bits per heavy atom. The maximum absolute atomic E-state index is 9.71. The molecule has 9 heavy (non-hydrogen) atoms. The highest BCUT2D eigenvalue weighted by Crippen LogP contribution is 1.56. The summed E-state index contributed by atoms with van der Waals surface area (Å²) in [6.45, 7) is -0.156. The largest absolute Gasteiger partial charge is 1.00 e. The van der Waals surface area contributed by atoms with Crippen LogP contribution in [0.4, 0.5) is 9.41 Å². The zero-order valence-electron chi connectivity index (χ0n) is 5.37. The van der Waals surface area contributed by atoms with Crippen LogP contribution in [0.15, 0.2) is 0 Å². The first-order valence-corrected chi connectivity index (χ1v) is 1.41. The molecule has 0 aromatic heterocycles. The SMILES string of the molecule is F.F.NCC(=O)ON.[F-].[H+]. The van der Waals surface area contributed by atoms with Crippen LogP contribution in [0.25, 0.3) is 0 Å². The fraction of sp³-hybridized carbons (Fsp3) is 0.500. The summed E-state index contributed by atoms with van der Waals surface area (Å²) in [5.74, 6) is 3.75. The molecule has 0 fully saturated rings. The second kappa shape index (κ2) is 15.7. The Morgan fingerprint density at radius 1 is 1.56 bits per heavy atom. The van der Waals surface area contributed by atoms with Crippen LogP contribution in [0.3, 0.4) is 0 Å². The first-order chi connectivity index (χ1) is 2.81. The summed E-state index contributed by atoms with van der Waals surface area (Å²) in [5.41, 5.74) is 4.73. The van der Waals surface area contributed by atoms with Gasteiger partial charge < -0.3 is 15.3 Å². The molecule has 0 radical (unpaired) electrons. The van der Waals surface area contributed by atoms with Crippen molar-refractivity contribution in [3.8, 4) is 0 Å². The highest BCUT2D eigenvalue weighted by Gasteiger charge is 1.89. The van der Waals surface area contributed by atoms with Crippen LogP contribution >= 0.6 is 0 Å². The number of rotatable bonds is 1. The van der Waals surface area contributed by atoms with E-state index in [0.29, 0.717) is 0 Å². The Balaban J connectivity index is -0.0000000208. The Morgan fingerprint density at radius 2 is 1.89 bits per heavy atom. The molecule has 0 rings (SSSR count). The summed E-state index contributed by atoms with van der Waals surface area (Å²) in [6.07, 6.45) is 0. The summed E-state index contributed by atoms with van der Waals surface area (Å²) in [4.78, 5) is 13.3. The van der Waals surface area contributed by atoms with E-state index in [2.05, 4.69) is 10.7 Å². The predicted molar refractivity (Wildman–Crippen MR) is 25.5 cm³/mol. The Bertz CT molecular complexity index is 60.5. The number of halogens is 3. The molecule has 0 aromatic rings. The summed E-state index contributed by atoms with van der Waals surface area (Å²) in [5, 5.41) is 0. The molecule has 0 atom stereocenters. The molecule has 7 heteroatoms. The topological polar surface area (TPSA) is 78.3 Å². The zero-order valence-corrected chi connectivity index (χ0v) is 4.37. The van der Waals surface area contributed by atoms with Crippen LogP contribution in [0.1, 0.15) is 1.43 Å². The van der Waals surface area contributed by atoms with E-state index in [4.69, 9.17) is 5.73 Å². The number of carbonyl (C=O) groups excluding carboxylic acids is 1. The van der Waals surface area contributed by atoms with Gasteiger partial charge in [-0.2, -0.15) is 5.90 Å². The lowest BCUT2D eigenvalue weighted by molar-refractivity contribution is -0.142. The molecular weight excluding hydrogens is 141 g/mol. The number of hydrogen-bond acceptors (Lipinski definition) is 4. The van der Waals surface area contributed by atoms with Gasteiger partial charge in [-0.05, 0) is 0 Å². The summed E-state index contributed by atoms with van der Waals surface area (Å²) >= 11 is 0. The van der Waals surface area contributed by atoms with E-state index in [0.717, 1.165) is 0 Å². The predicted octanol–water partition coefficient (Wildman–Crippen LogP) is -4.22. The fourth-order valence-electron chi connectivity index (χ4n) is 0.0481. The fourth-order valence-corrected chi connectivity index (χ4v) is 0.0481. The van der Waals surface area contributed by atoms with Gasteiger partial charge in [0.1, 0.15) is 0 Å². The van der Waals surface area contributed by atoms with E-state index in [-0.39, 0.29) is 22.1 Å². The van der Waals surface area contributed by atoms with Gasteiger partial charge in [-0.3, -0.25) is 9.41 Å². The lowest BCUT2D eigenvalue weighted by Crippen LogP contribution is -3.00. The molecule has 0 aliphatic rings. The molecule has 0 amide bonds. The van der Waals surface area contributed by atoms with Gasteiger partial charge >= 0.3 is 7.40 Å². The Labute approximate surface area is 50.7 Å². The molecule has 0 aliphatic carbocycles. The van der Waals surface area contributed by atoms with Crippen molar-refractivity contribution in [2.45, 2.75) is 0 Å². The minimum atomic E-state index is -0.602. The van der Waals surface area contributed by atoms with Crippen LogP contribution < -0.4 is 16.3 Å². The zero-order chi connectivity index (χ0) is 4.99. The summed E-state index contributed by atoms with van der Waals surface area (Å²) < 4.78 is 0. The standard InChI is InChI=1S/C2H6N2O2.3FH/c3-1-2(5)6-4;;;/h1,3-4H2;3*1H. The van der Waals surface area contributed by atoms with Gasteiger partial charge in [0.25, 0.3) is 0 Å². The molecule has 0 aromatic carbocycles. The first-order valence-electron chi connectivity index (χ1n) is 1.41. The molecule has 60 valence electrons.